The van der Waals surface area contributed by atoms with Crippen molar-refractivity contribution in [2.24, 2.45) is 0 Å². The van der Waals surface area contributed by atoms with Gasteiger partial charge in [-0.05, 0) is 30.0 Å². The smallest absolute Gasteiger partial charge is 0.293 e. The van der Waals surface area contributed by atoms with Gasteiger partial charge in [-0.25, -0.2) is 4.39 Å². The highest BCUT2D eigenvalue weighted by Crippen LogP contribution is 2.38. The SMILES string of the molecule is COc1cc(Cl)cc(/C=C2\SC(=O)N(Cc3ccccc3F)C2=O)c1O. The first-order valence-corrected chi connectivity index (χ1v) is 8.65. The Kier molecular flexibility index (Phi) is 5.20. The number of ether oxygens (including phenoxy) is 1. The molecule has 2 amide bonds. The zero-order chi connectivity index (χ0) is 18.8. The Labute approximate surface area is 158 Å². The molecule has 1 heterocycles. The molecule has 5 nitrogen and oxygen atoms in total. The number of hydrogen-bond acceptors (Lipinski definition) is 5. The van der Waals surface area contributed by atoms with Crippen LogP contribution < -0.4 is 4.74 Å². The Balaban J connectivity index is 1.91. The van der Waals surface area contributed by atoms with Gasteiger partial charge in [-0.15, -0.1) is 0 Å². The van der Waals surface area contributed by atoms with Gasteiger partial charge < -0.3 is 9.84 Å². The van der Waals surface area contributed by atoms with Crippen LogP contribution in [-0.2, 0) is 11.3 Å². The van der Waals surface area contributed by atoms with Crippen molar-refractivity contribution in [3.63, 3.8) is 0 Å². The quantitative estimate of drug-likeness (QED) is 0.778. The van der Waals surface area contributed by atoms with Crippen molar-refractivity contribution in [1.29, 1.82) is 0 Å². The number of halogens is 2. The molecule has 0 aliphatic carbocycles. The van der Waals surface area contributed by atoms with Gasteiger partial charge in [0.05, 0.1) is 18.6 Å². The summed E-state index contributed by atoms with van der Waals surface area (Å²) in [6.07, 6.45) is 1.36. The number of amides is 2. The second-order valence-electron chi connectivity index (χ2n) is 5.41. The number of nitrogens with zero attached hydrogens (tertiary/aromatic N) is 1. The van der Waals surface area contributed by atoms with Crippen LogP contribution in [0.15, 0.2) is 41.3 Å². The molecule has 0 unspecified atom stereocenters. The van der Waals surface area contributed by atoms with Crippen LogP contribution in [0.5, 0.6) is 11.5 Å². The molecule has 0 aromatic heterocycles. The van der Waals surface area contributed by atoms with E-state index in [0.29, 0.717) is 16.8 Å². The van der Waals surface area contributed by atoms with Gasteiger partial charge in [0.2, 0.25) is 0 Å². The molecule has 1 N–H and O–H groups in total. The zero-order valence-electron chi connectivity index (χ0n) is 13.5. The van der Waals surface area contributed by atoms with E-state index >= 15 is 0 Å². The molecule has 26 heavy (non-hydrogen) atoms. The van der Waals surface area contributed by atoms with Crippen LogP contribution in [0.2, 0.25) is 5.02 Å². The minimum atomic E-state index is -0.568. The van der Waals surface area contributed by atoms with E-state index in [4.69, 9.17) is 16.3 Å². The maximum absolute atomic E-state index is 13.8. The Morgan fingerprint density at radius 3 is 2.73 bits per heavy atom. The second-order valence-corrected chi connectivity index (χ2v) is 6.83. The standard InChI is InChI=1S/C18H13ClFNO4S/c1-25-14-8-12(19)6-11(16(14)22)7-15-17(23)21(18(24)26-15)9-10-4-2-3-5-13(10)20/h2-8,22H,9H2,1H3/b15-7-. The zero-order valence-corrected chi connectivity index (χ0v) is 15.1. The summed E-state index contributed by atoms with van der Waals surface area (Å²) in [5.41, 5.74) is 0.481. The first-order chi connectivity index (χ1) is 12.4. The van der Waals surface area contributed by atoms with Gasteiger partial charge in [-0.2, -0.15) is 0 Å². The first kappa shape index (κ1) is 18.3. The minimum Gasteiger partial charge on any atom is -0.504 e. The molecule has 8 heteroatoms. The molecule has 0 saturated carbocycles. The highest BCUT2D eigenvalue weighted by molar-refractivity contribution is 8.18. The molecule has 1 fully saturated rings. The van der Waals surface area contributed by atoms with Crippen molar-refractivity contribution in [3.8, 4) is 11.5 Å². The number of aromatic hydroxyl groups is 1. The molecule has 1 aliphatic heterocycles. The van der Waals surface area contributed by atoms with Crippen molar-refractivity contribution < 1.29 is 23.8 Å². The van der Waals surface area contributed by atoms with Crippen molar-refractivity contribution in [3.05, 3.63) is 63.3 Å². The maximum atomic E-state index is 13.8. The molecule has 0 bridgehead atoms. The van der Waals surface area contributed by atoms with E-state index in [2.05, 4.69) is 0 Å². The van der Waals surface area contributed by atoms with Crippen molar-refractivity contribution in [1.82, 2.24) is 4.90 Å². The lowest BCUT2D eigenvalue weighted by molar-refractivity contribution is -0.123. The van der Waals surface area contributed by atoms with Crippen molar-refractivity contribution in [2.45, 2.75) is 6.54 Å². The molecular formula is C18H13ClFNO4S. The predicted molar refractivity (Wildman–Crippen MR) is 97.6 cm³/mol. The average Bonchev–Trinajstić information content (AvgIpc) is 2.87. The lowest BCUT2D eigenvalue weighted by Crippen LogP contribution is -2.27. The monoisotopic (exact) mass is 393 g/mol. The van der Waals surface area contributed by atoms with Crippen LogP contribution in [0.25, 0.3) is 6.08 Å². The van der Waals surface area contributed by atoms with E-state index in [0.717, 1.165) is 4.90 Å². The Morgan fingerprint density at radius 2 is 2.04 bits per heavy atom. The van der Waals surface area contributed by atoms with E-state index in [1.807, 2.05) is 0 Å². The third-order valence-electron chi connectivity index (χ3n) is 3.74. The third kappa shape index (κ3) is 3.54. The number of phenolic OH excluding ortho intramolecular Hbond substituents is 1. The lowest BCUT2D eigenvalue weighted by atomic mass is 10.1. The Bertz CT molecular complexity index is 931. The third-order valence-corrected chi connectivity index (χ3v) is 4.86. The Hall–Kier alpha value is -2.51. The molecule has 134 valence electrons. The van der Waals surface area contributed by atoms with Gasteiger partial charge in [-0.1, -0.05) is 29.8 Å². The van der Waals surface area contributed by atoms with E-state index < -0.39 is 17.0 Å². The number of methoxy groups -OCH3 is 1. The topological polar surface area (TPSA) is 66.8 Å². The molecule has 2 aromatic carbocycles. The summed E-state index contributed by atoms with van der Waals surface area (Å²) in [7, 11) is 1.37. The normalized spacial score (nSPS) is 15.8. The van der Waals surface area contributed by atoms with Crippen molar-refractivity contribution in [2.75, 3.05) is 7.11 Å². The van der Waals surface area contributed by atoms with E-state index in [9.17, 15) is 19.1 Å². The molecule has 0 radical (unpaired) electrons. The van der Waals surface area contributed by atoms with Crippen molar-refractivity contribution >= 4 is 40.6 Å². The number of carbonyl (C=O) groups excluding carboxylic acids is 2. The number of thioether (sulfide) groups is 1. The summed E-state index contributed by atoms with van der Waals surface area (Å²) >= 11 is 6.68. The number of benzene rings is 2. The van der Waals surface area contributed by atoms with Crippen LogP contribution in [-0.4, -0.2) is 28.3 Å². The first-order valence-electron chi connectivity index (χ1n) is 7.46. The number of imide groups is 1. The molecule has 0 spiro atoms. The van der Waals surface area contributed by atoms with E-state index in [1.165, 1.54) is 43.5 Å². The van der Waals surface area contributed by atoms with Crippen LogP contribution in [0.1, 0.15) is 11.1 Å². The van der Waals surface area contributed by atoms with Gasteiger partial charge in [0.1, 0.15) is 5.82 Å². The number of hydrogen-bond donors (Lipinski definition) is 1. The number of rotatable bonds is 4. The summed E-state index contributed by atoms with van der Waals surface area (Å²) in [5.74, 6) is -1.11. The average molecular weight is 394 g/mol. The molecule has 0 atom stereocenters. The fraction of sp³-hybridized carbons (Fsp3) is 0.111. The van der Waals surface area contributed by atoms with Crippen LogP contribution in [0.3, 0.4) is 0 Å². The summed E-state index contributed by atoms with van der Waals surface area (Å²) in [6.45, 7) is -0.167. The predicted octanol–water partition coefficient (Wildman–Crippen LogP) is 4.43. The largest absolute Gasteiger partial charge is 0.504 e. The highest BCUT2D eigenvalue weighted by Gasteiger charge is 2.35. The molecule has 1 saturated heterocycles. The number of carbonyl (C=O) groups is 2. The summed E-state index contributed by atoms with van der Waals surface area (Å²) in [6, 6.07) is 8.81. The lowest BCUT2D eigenvalue weighted by Gasteiger charge is -2.13. The van der Waals surface area contributed by atoms with Gasteiger partial charge in [0.25, 0.3) is 11.1 Å². The maximum Gasteiger partial charge on any atom is 0.293 e. The van der Waals surface area contributed by atoms with Gasteiger partial charge >= 0.3 is 0 Å². The molecule has 3 rings (SSSR count). The fourth-order valence-electron chi connectivity index (χ4n) is 2.43. The summed E-state index contributed by atoms with van der Waals surface area (Å²) in [4.78, 5) is 25.8. The van der Waals surface area contributed by atoms with E-state index in [1.54, 1.807) is 6.07 Å². The van der Waals surface area contributed by atoms with Crippen LogP contribution in [0.4, 0.5) is 9.18 Å². The summed E-state index contributed by atoms with van der Waals surface area (Å²) in [5, 5.41) is 9.95. The highest BCUT2D eigenvalue weighted by atomic mass is 35.5. The van der Waals surface area contributed by atoms with E-state index in [-0.39, 0.29) is 34.1 Å². The number of phenols is 1. The molecule has 1 aliphatic rings. The molecule has 2 aromatic rings. The Morgan fingerprint density at radius 1 is 1.31 bits per heavy atom. The van der Waals surface area contributed by atoms with Gasteiger partial charge in [0, 0.05) is 22.2 Å². The fourth-order valence-corrected chi connectivity index (χ4v) is 3.48. The second kappa shape index (κ2) is 7.39. The van der Waals surface area contributed by atoms with Crippen LogP contribution >= 0.6 is 23.4 Å². The van der Waals surface area contributed by atoms with Gasteiger partial charge in [0.15, 0.2) is 11.5 Å². The van der Waals surface area contributed by atoms with Gasteiger partial charge in [-0.3, -0.25) is 14.5 Å². The minimum absolute atomic E-state index is 0.103. The molecular weight excluding hydrogens is 381 g/mol. The summed E-state index contributed by atoms with van der Waals surface area (Å²) < 4.78 is 18.8. The van der Waals surface area contributed by atoms with Crippen LogP contribution in [0, 0.1) is 5.82 Å².